The van der Waals surface area contributed by atoms with Gasteiger partial charge in [0.15, 0.2) is 0 Å². The first kappa shape index (κ1) is 9.92. The molecule has 0 spiro atoms. The van der Waals surface area contributed by atoms with Gasteiger partial charge in [-0.15, -0.1) is 0 Å². The first-order valence-corrected chi connectivity index (χ1v) is 5.57. The van der Waals surface area contributed by atoms with E-state index in [1.54, 1.807) is 4.90 Å². The van der Waals surface area contributed by atoms with Gasteiger partial charge in [0.2, 0.25) is 5.91 Å². The minimum Gasteiger partial charge on any atom is -0.326 e. The maximum Gasteiger partial charge on any atom is 0.228 e. The Bertz CT molecular complexity index is 367. The number of hydrogen-bond donors (Lipinski definition) is 1. The van der Waals surface area contributed by atoms with Crippen LogP contribution in [0.5, 0.6) is 0 Å². The van der Waals surface area contributed by atoms with Gasteiger partial charge in [-0.2, -0.15) is 0 Å². The Labute approximate surface area is 96.4 Å². The Balaban J connectivity index is 2.32. The molecule has 0 radical (unpaired) electrons. The van der Waals surface area contributed by atoms with Crippen LogP contribution in [-0.2, 0) is 4.79 Å². The van der Waals surface area contributed by atoms with Gasteiger partial charge in [-0.05, 0) is 34.7 Å². The molecule has 4 heteroatoms. The SMILES string of the molecule is NC1CC(=O)N(c2ccccc2I)C1. The van der Waals surface area contributed by atoms with Crippen molar-refractivity contribution in [1.82, 2.24) is 0 Å². The highest BCUT2D eigenvalue weighted by atomic mass is 127. The van der Waals surface area contributed by atoms with E-state index in [4.69, 9.17) is 5.73 Å². The summed E-state index contributed by atoms with van der Waals surface area (Å²) in [7, 11) is 0. The van der Waals surface area contributed by atoms with E-state index < -0.39 is 0 Å². The third kappa shape index (κ3) is 1.76. The fraction of sp³-hybridized carbons (Fsp3) is 0.300. The molecule has 1 fully saturated rings. The summed E-state index contributed by atoms with van der Waals surface area (Å²) in [5.74, 6) is 0.126. The van der Waals surface area contributed by atoms with Gasteiger partial charge < -0.3 is 10.6 Å². The summed E-state index contributed by atoms with van der Waals surface area (Å²) in [5.41, 5.74) is 6.72. The van der Waals surface area contributed by atoms with Crippen LogP contribution in [0.1, 0.15) is 6.42 Å². The smallest absolute Gasteiger partial charge is 0.228 e. The second-order valence-electron chi connectivity index (χ2n) is 3.42. The molecule has 1 unspecified atom stereocenters. The average molecular weight is 302 g/mol. The van der Waals surface area contributed by atoms with Crippen LogP contribution in [0.15, 0.2) is 24.3 Å². The molecule has 1 aromatic carbocycles. The van der Waals surface area contributed by atoms with E-state index in [0.29, 0.717) is 13.0 Å². The number of rotatable bonds is 1. The molecule has 1 aliphatic rings. The molecule has 1 atom stereocenters. The van der Waals surface area contributed by atoms with Crippen molar-refractivity contribution in [3.05, 3.63) is 27.8 Å². The molecule has 2 N–H and O–H groups in total. The lowest BCUT2D eigenvalue weighted by molar-refractivity contribution is -0.117. The normalized spacial score (nSPS) is 21.7. The number of amides is 1. The summed E-state index contributed by atoms with van der Waals surface area (Å²) >= 11 is 2.23. The van der Waals surface area contributed by atoms with Crippen LogP contribution in [0.3, 0.4) is 0 Å². The highest BCUT2D eigenvalue weighted by Crippen LogP contribution is 2.25. The molecule has 1 saturated heterocycles. The van der Waals surface area contributed by atoms with Crippen LogP contribution < -0.4 is 10.6 Å². The Kier molecular flexibility index (Phi) is 2.73. The Morgan fingerprint density at radius 2 is 2.14 bits per heavy atom. The standard InChI is InChI=1S/C10H11IN2O/c11-8-3-1-2-4-9(8)13-6-7(12)5-10(13)14/h1-4,7H,5-6,12H2. The fourth-order valence-corrected chi connectivity index (χ4v) is 2.32. The van der Waals surface area contributed by atoms with Crippen molar-refractivity contribution < 1.29 is 4.79 Å². The predicted octanol–water partition coefficient (Wildman–Crippen LogP) is 1.36. The molecule has 1 heterocycles. The number of nitrogens with two attached hydrogens (primary N) is 1. The van der Waals surface area contributed by atoms with Gasteiger partial charge in [0.05, 0.1) is 5.69 Å². The second kappa shape index (κ2) is 3.86. The van der Waals surface area contributed by atoms with Crippen molar-refractivity contribution in [3.63, 3.8) is 0 Å². The third-order valence-corrected chi connectivity index (χ3v) is 3.21. The molecular formula is C10H11IN2O. The highest BCUT2D eigenvalue weighted by Gasteiger charge is 2.28. The number of carbonyl (C=O) groups excluding carboxylic acids is 1. The molecule has 14 heavy (non-hydrogen) atoms. The average Bonchev–Trinajstić information content (AvgIpc) is 2.46. The van der Waals surface area contributed by atoms with Crippen molar-refractivity contribution in [2.45, 2.75) is 12.5 Å². The van der Waals surface area contributed by atoms with E-state index >= 15 is 0 Å². The molecule has 74 valence electrons. The summed E-state index contributed by atoms with van der Waals surface area (Å²) in [6.07, 6.45) is 0.463. The van der Waals surface area contributed by atoms with Crippen LogP contribution in [0.25, 0.3) is 0 Å². The molecule has 0 saturated carbocycles. The number of benzene rings is 1. The molecule has 2 rings (SSSR count). The van der Waals surface area contributed by atoms with Crippen LogP contribution in [0.4, 0.5) is 5.69 Å². The van der Waals surface area contributed by atoms with Crippen molar-refractivity contribution in [2.75, 3.05) is 11.4 Å². The lowest BCUT2D eigenvalue weighted by atomic mass is 10.3. The molecule has 0 bridgehead atoms. The summed E-state index contributed by atoms with van der Waals surface area (Å²) in [4.78, 5) is 13.4. The molecule has 1 amide bonds. The summed E-state index contributed by atoms with van der Waals surface area (Å²) in [6.45, 7) is 0.638. The van der Waals surface area contributed by atoms with Gasteiger partial charge in [-0.3, -0.25) is 4.79 Å². The number of halogens is 1. The van der Waals surface area contributed by atoms with E-state index in [0.717, 1.165) is 9.26 Å². The lowest BCUT2D eigenvalue weighted by Gasteiger charge is -2.17. The molecule has 1 aromatic rings. The van der Waals surface area contributed by atoms with Gasteiger partial charge in [0.25, 0.3) is 0 Å². The van der Waals surface area contributed by atoms with E-state index in [1.165, 1.54) is 0 Å². The van der Waals surface area contributed by atoms with E-state index in [-0.39, 0.29) is 11.9 Å². The topological polar surface area (TPSA) is 46.3 Å². The summed E-state index contributed by atoms with van der Waals surface area (Å²) in [5, 5.41) is 0. The van der Waals surface area contributed by atoms with Gasteiger partial charge in [-0.25, -0.2) is 0 Å². The van der Waals surface area contributed by atoms with Gasteiger partial charge in [0.1, 0.15) is 0 Å². The minimum absolute atomic E-state index is 0.0153. The zero-order chi connectivity index (χ0) is 10.1. The Hall–Kier alpha value is -0.620. The van der Waals surface area contributed by atoms with E-state index in [1.807, 2.05) is 24.3 Å². The minimum atomic E-state index is -0.0153. The van der Waals surface area contributed by atoms with Crippen LogP contribution in [0.2, 0.25) is 0 Å². The number of nitrogens with zero attached hydrogens (tertiary/aromatic N) is 1. The van der Waals surface area contributed by atoms with Gasteiger partial charge >= 0.3 is 0 Å². The third-order valence-electron chi connectivity index (χ3n) is 2.30. The summed E-state index contributed by atoms with van der Waals surface area (Å²) < 4.78 is 1.09. The number of para-hydroxylation sites is 1. The highest BCUT2D eigenvalue weighted by molar-refractivity contribution is 14.1. The van der Waals surface area contributed by atoms with Crippen molar-refractivity contribution in [1.29, 1.82) is 0 Å². The molecule has 0 aromatic heterocycles. The largest absolute Gasteiger partial charge is 0.326 e. The van der Waals surface area contributed by atoms with E-state index in [2.05, 4.69) is 22.6 Å². The maximum atomic E-state index is 11.6. The molecule has 1 aliphatic heterocycles. The molecule has 3 nitrogen and oxygen atoms in total. The number of hydrogen-bond acceptors (Lipinski definition) is 2. The predicted molar refractivity (Wildman–Crippen MR) is 64.1 cm³/mol. The molecule has 0 aliphatic carbocycles. The van der Waals surface area contributed by atoms with Crippen LogP contribution in [-0.4, -0.2) is 18.5 Å². The van der Waals surface area contributed by atoms with Crippen LogP contribution in [0, 0.1) is 3.57 Å². The van der Waals surface area contributed by atoms with Crippen molar-refractivity contribution in [2.24, 2.45) is 5.73 Å². The quantitative estimate of drug-likeness (QED) is 0.796. The monoisotopic (exact) mass is 302 g/mol. The number of anilines is 1. The van der Waals surface area contributed by atoms with Crippen molar-refractivity contribution in [3.8, 4) is 0 Å². The maximum absolute atomic E-state index is 11.6. The van der Waals surface area contributed by atoms with Gasteiger partial charge in [-0.1, -0.05) is 12.1 Å². The summed E-state index contributed by atoms with van der Waals surface area (Å²) in [6, 6.07) is 7.84. The zero-order valence-electron chi connectivity index (χ0n) is 7.61. The number of carbonyl (C=O) groups is 1. The van der Waals surface area contributed by atoms with E-state index in [9.17, 15) is 4.79 Å². The first-order chi connectivity index (χ1) is 6.68. The Morgan fingerprint density at radius 3 is 2.71 bits per heavy atom. The zero-order valence-corrected chi connectivity index (χ0v) is 9.77. The van der Waals surface area contributed by atoms with Crippen molar-refractivity contribution >= 4 is 34.2 Å². The van der Waals surface area contributed by atoms with Crippen LogP contribution >= 0.6 is 22.6 Å². The fourth-order valence-electron chi connectivity index (χ4n) is 1.64. The Morgan fingerprint density at radius 1 is 1.43 bits per heavy atom. The van der Waals surface area contributed by atoms with Gasteiger partial charge in [0, 0.05) is 22.6 Å². The molecular weight excluding hydrogens is 291 g/mol. The first-order valence-electron chi connectivity index (χ1n) is 4.49. The lowest BCUT2D eigenvalue weighted by Crippen LogP contribution is -2.28. The second-order valence-corrected chi connectivity index (χ2v) is 4.58.